The lowest BCUT2D eigenvalue weighted by Gasteiger charge is -2.19. The average Bonchev–Trinajstić information content (AvgIpc) is 2.84. The van der Waals surface area contributed by atoms with Crippen molar-refractivity contribution in [2.45, 2.75) is 25.3 Å². The fourth-order valence-corrected chi connectivity index (χ4v) is 3.50. The third kappa shape index (κ3) is 1.83. The molecule has 1 N–H and O–H groups in total. The summed E-state index contributed by atoms with van der Waals surface area (Å²) < 4.78 is 0. The van der Waals surface area contributed by atoms with Crippen LogP contribution in [0.3, 0.4) is 0 Å². The Labute approximate surface area is 119 Å². The highest BCUT2D eigenvalue weighted by molar-refractivity contribution is 6.05. The lowest BCUT2D eigenvalue weighted by Crippen LogP contribution is -2.21. The van der Waals surface area contributed by atoms with E-state index in [1.54, 1.807) is 0 Å². The molecule has 0 saturated carbocycles. The van der Waals surface area contributed by atoms with Gasteiger partial charge in [0, 0.05) is 11.5 Å². The van der Waals surface area contributed by atoms with Crippen molar-refractivity contribution >= 4 is 5.71 Å². The zero-order chi connectivity index (χ0) is 13.4. The van der Waals surface area contributed by atoms with E-state index >= 15 is 0 Å². The van der Waals surface area contributed by atoms with Gasteiger partial charge < -0.3 is 5.43 Å². The zero-order valence-corrected chi connectivity index (χ0v) is 11.4. The molecule has 4 rings (SSSR count). The van der Waals surface area contributed by atoms with Gasteiger partial charge in [-0.3, -0.25) is 0 Å². The van der Waals surface area contributed by atoms with Gasteiger partial charge in [-0.2, -0.15) is 5.10 Å². The monoisotopic (exact) mass is 262 g/mol. The number of hydrogen-bond donors (Lipinski definition) is 1. The first-order valence-corrected chi connectivity index (χ1v) is 7.40. The molecule has 1 aliphatic carbocycles. The second-order valence-electron chi connectivity index (χ2n) is 5.67. The fourth-order valence-electron chi connectivity index (χ4n) is 3.50. The minimum absolute atomic E-state index is 0.331. The highest BCUT2D eigenvalue weighted by Gasteiger charge is 2.35. The molecule has 2 heteroatoms. The van der Waals surface area contributed by atoms with Gasteiger partial charge in [0.05, 0.1) is 11.8 Å². The second-order valence-corrected chi connectivity index (χ2v) is 5.67. The Kier molecular flexibility index (Phi) is 2.80. The van der Waals surface area contributed by atoms with Crippen molar-refractivity contribution < 1.29 is 0 Å². The van der Waals surface area contributed by atoms with Crippen LogP contribution in [0.1, 0.15) is 35.6 Å². The van der Waals surface area contributed by atoms with Crippen LogP contribution in [-0.2, 0) is 6.42 Å². The first kappa shape index (κ1) is 11.7. The first-order chi connectivity index (χ1) is 9.93. The van der Waals surface area contributed by atoms with E-state index < -0.39 is 0 Å². The predicted octanol–water partition coefficient (Wildman–Crippen LogP) is 3.69. The van der Waals surface area contributed by atoms with Gasteiger partial charge in [0.25, 0.3) is 0 Å². The Morgan fingerprint density at radius 1 is 0.950 bits per heavy atom. The number of aryl methyl sites for hydroxylation is 1. The van der Waals surface area contributed by atoms with Crippen LogP contribution in [0.4, 0.5) is 0 Å². The van der Waals surface area contributed by atoms with Crippen LogP contribution in [0.25, 0.3) is 0 Å². The summed E-state index contributed by atoms with van der Waals surface area (Å²) in [5.41, 5.74) is 8.77. The standard InChI is InChI=1S/C18H18N2/c1-2-8-14(9-3-1)17-16-12-6-10-13-7-4-5-11-15(13)18(16)20-19-17/h1-5,7-9,11,16-17,19H,6,10,12H2/t16-,17+/m1/s1. The van der Waals surface area contributed by atoms with E-state index in [9.17, 15) is 0 Å². The van der Waals surface area contributed by atoms with Gasteiger partial charge in [-0.25, -0.2) is 0 Å². The maximum Gasteiger partial charge on any atom is 0.0774 e. The van der Waals surface area contributed by atoms with E-state index in [-0.39, 0.29) is 0 Å². The number of nitrogens with one attached hydrogen (secondary N) is 1. The maximum absolute atomic E-state index is 4.68. The van der Waals surface area contributed by atoms with E-state index in [1.165, 1.54) is 41.7 Å². The quantitative estimate of drug-likeness (QED) is 0.833. The molecule has 0 spiro atoms. The van der Waals surface area contributed by atoms with Gasteiger partial charge >= 0.3 is 0 Å². The molecule has 0 amide bonds. The molecular weight excluding hydrogens is 244 g/mol. The number of rotatable bonds is 1. The Morgan fingerprint density at radius 2 is 1.75 bits per heavy atom. The number of hydrogen-bond acceptors (Lipinski definition) is 2. The summed E-state index contributed by atoms with van der Waals surface area (Å²) in [7, 11) is 0. The van der Waals surface area contributed by atoms with Crippen molar-refractivity contribution in [1.82, 2.24) is 5.43 Å². The van der Waals surface area contributed by atoms with Crippen molar-refractivity contribution in [2.24, 2.45) is 11.0 Å². The zero-order valence-electron chi connectivity index (χ0n) is 11.4. The Balaban J connectivity index is 1.74. The van der Waals surface area contributed by atoms with Crippen LogP contribution >= 0.6 is 0 Å². The first-order valence-electron chi connectivity index (χ1n) is 7.40. The Morgan fingerprint density at radius 3 is 2.65 bits per heavy atom. The van der Waals surface area contributed by atoms with Gasteiger partial charge in [-0.1, -0.05) is 54.6 Å². The molecule has 2 aromatic carbocycles. The number of fused-ring (bicyclic) bond motifs is 3. The normalized spacial score (nSPS) is 24.1. The van der Waals surface area contributed by atoms with Crippen LogP contribution in [0.2, 0.25) is 0 Å². The summed E-state index contributed by atoms with van der Waals surface area (Å²) in [5, 5.41) is 4.68. The second kappa shape index (κ2) is 4.78. The average molecular weight is 262 g/mol. The van der Waals surface area contributed by atoms with Gasteiger partial charge in [-0.15, -0.1) is 0 Å². The van der Waals surface area contributed by atoms with Crippen molar-refractivity contribution in [1.29, 1.82) is 0 Å². The summed E-state index contributed by atoms with van der Waals surface area (Å²) >= 11 is 0. The molecule has 2 aromatic rings. The Hall–Kier alpha value is -2.09. The van der Waals surface area contributed by atoms with Gasteiger partial charge in [0.1, 0.15) is 0 Å². The van der Waals surface area contributed by atoms with Crippen molar-refractivity contribution in [3.8, 4) is 0 Å². The van der Waals surface area contributed by atoms with E-state index in [0.717, 1.165) is 0 Å². The minimum Gasteiger partial charge on any atom is -0.302 e. The molecule has 0 radical (unpaired) electrons. The van der Waals surface area contributed by atoms with Crippen LogP contribution in [0.15, 0.2) is 59.7 Å². The molecular formula is C18H18N2. The molecule has 20 heavy (non-hydrogen) atoms. The maximum atomic E-state index is 4.68. The van der Waals surface area contributed by atoms with Crippen LogP contribution in [0, 0.1) is 5.92 Å². The molecule has 0 unspecified atom stereocenters. The molecule has 0 saturated heterocycles. The van der Waals surface area contributed by atoms with Crippen LogP contribution in [-0.4, -0.2) is 5.71 Å². The summed E-state index contributed by atoms with van der Waals surface area (Å²) in [6.07, 6.45) is 3.62. The molecule has 100 valence electrons. The minimum atomic E-state index is 0.331. The molecule has 2 atom stereocenters. The van der Waals surface area contributed by atoms with Crippen molar-refractivity contribution in [3.05, 3.63) is 71.3 Å². The van der Waals surface area contributed by atoms with Crippen LogP contribution in [0.5, 0.6) is 0 Å². The van der Waals surface area contributed by atoms with Gasteiger partial charge in [0.2, 0.25) is 0 Å². The molecule has 1 aliphatic heterocycles. The van der Waals surface area contributed by atoms with E-state index in [4.69, 9.17) is 0 Å². The lowest BCUT2D eigenvalue weighted by molar-refractivity contribution is 0.463. The number of benzene rings is 2. The van der Waals surface area contributed by atoms with E-state index in [0.29, 0.717) is 12.0 Å². The van der Waals surface area contributed by atoms with Crippen LogP contribution < -0.4 is 5.43 Å². The molecule has 0 aromatic heterocycles. The summed E-state index contributed by atoms with van der Waals surface area (Å²) in [5.74, 6) is 0.501. The highest BCUT2D eigenvalue weighted by Crippen LogP contribution is 2.37. The van der Waals surface area contributed by atoms with E-state index in [1.807, 2.05) is 0 Å². The smallest absolute Gasteiger partial charge is 0.0774 e. The number of nitrogens with zero attached hydrogens (tertiary/aromatic N) is 1. The van der Waals surface area contributed by atoms with Crippen molar-refractivity contribution in [2.75, 3.05) is 0 Å². The van der Waals surface area contributed by atoms with Crippen molar-refractivity contribution in [3.63, 3.8) is 0 Å². The predicted molar refractivity (Wildman–Crippen MR) is 81.7 cm³/mol. The van der Waals surface area contributed by atoms with Gasteiger partial charge in [-0.05, 0) is 30.4 Å². The number of hydrazone groups is 1. The van der Waals surface area contributed by atoms with E-state index in [2.05, 4.69) is 65.1 Å². The molecule has 0 fully saturated rings. The topological polar surface area (TPSA) is 24.4 Å². The molecule has 2 nitrogen and oxygen atoms in total. The molecule has 0 bridgehead atoms. The summed E-state index contributed by atoms with van der Waals surface area (Å²) in [6, 6.07) is 19.8. The third-order valence-electron chi connectivity index (χ3n) is 4.49. The Bertz CT molecular complexity index is 645. The summed E-state index contributed by atoms with van der Waals surface area (Å²) in [6.45, 7) is 0. The highest BCUT2D eigenvalue weighted by atomic mass is 15.3. The lowest BCUT2D eigenvalue weighted by atomic mass is 9.86. The van der Waals surface area contributed by atoms with Gasteiger partial charge in [0.15, 0.2) is 0 Å². The SMILES string of the molecule is c1ccc([C@@H]2NN=C3c4ccccc4CCC[C@@H]32)cc1. The summed E-state index contributed by atoms with van der Waals surface area (Å²) in [4.78, 5) is 0. The third-order valence-corrected chi connectivity index (χ3v) is 4.49. The molecule has 1 heterocycles. The largest absolute Gasteiger partial charge is 0.302 e. The molecule has 2 aliphatic rings. The fraction of sp³-hybridized carbons (Fsp3) is 0.278.